The summed E-state index contributed by atoms with van der Waals surface area (Å²) < 4.78 is 3.49. The van der Waals surface area contributed by atoms with E-state index < -0.39 is 0 Å². The maximum Gasteiger partial charge on any atom is 0.267 e. The van der Waals surface area contributed by atoms with Crippen LogP contribution in [0.1, 0.15) is 56.2 Å². The average Bonchev–Trinajstić information content (AvgIpc) is 3.44. The van der Waals surface area contributed by atoms with E-state index in [-0.39, 0.29) is 11.6 Å². The summed E-state index contributed by atoms with van der Waals surface area (Å²) in [6.07, 6.45) is 9.75. The van der Waals surface area contributed by atoms with Crippen LogP contribution < -0.4 is 10.9 Å². The first kappa shape index (κ1) is 16.4. The van der Waals surface area contributed by atoms with Crippen molar-refractivity contribution in [2.24, 2.45) is 7.05 Å². The Morgan fingerprint density at radius 2 is 1.85 bits per heavy atom. The molecule has 3 heterocycles. The Balaban J connectivity index is 1.29. The van der Waals surface area contributed by atoms with Crippen LogP contribution in [-0.2, 0) is 7.05 Å². The molecule has 1 N–H and O–H groups in total. The van der Waals surface area contributed by atoms with Gasteiger partial charge in [-0.15, -0.1) is 0 Å². The summed E-state index contributed by atoms with van der Waals surface area (Å²) in [5.74, 6) is 1.40. The van der Waals surface area contributed by atoms with Crippen LogP contribution in [0.25, 0.3) is 11.0 Å². The van der Waals surface area contributed by atoms with Gasteiger partial charge >= 0.3 is 0 Å². The van der Waals surface area contributed by atoms with Gasteiger partial charge in [-0.3, -0.25) is 9.48 Å². The van der Waals surface area contributed by atoms with Crippen LogP contribution in [0, 0.1) is 0 Å². The second-order valence-electron chi connectivity index (χ2n) is 7.73. The molecule has 0 atom stereocenters. The molecule has 0 bridgehead atoms. The Morgan fingerprint density at radius 1 is 1.04 bits per heavy atom. The lowest BCUT2D eigenvalue weighted by Crippen LogP contribution is -2.33. The molecule has 5 rings (SSSR count). The zero-order valence-corrected chi connectivity index (χ0v) is 15.4. The normalized spacial score (nSPS) is 22.9. The van der Waals surface area contributed by atoms with Crippen LogP contribution >= 0.6 is 0 Å². The van der Waals surface area contributed by atoms with Gasteiger partial charge in [-0.25, -0.2) is 14.6 Å². The largest absolute Gasteiger partial charge is 0.367 e. The molecule has 0 saturated heterocycles. The van der Waals surface area contributed by atoms with E-state index >= 15 is 0 Å². The van der Waals surface area contributed by atoms with Crippen LogP contribution in [0.15, 0.2) is 29.5 Å². The summed E-state index contributed by atoms with van der Waals surface area (Å²) in [4.78, 5) is 20.9. The van der Waals surface area contributed by atoms with Crippen molar-refractivity contribution < 1.29 is 0 Å². The predicted molar refractivity (Wildman–Crippen MR) is 102 cm³/mol. The molecule has 0 unspecified atom stereocenters. The minimum atomic E-state index is 0.0173. The van der Waals surface area contributed by atoms with Crippen molar-refractivity contribution in [3.8, 4) is 0 Å². The Labute approximate surface area is 156 Å². The second kappa shape index (κ2) is 6.44. The molecule has 0 amide bonds. The molecule has 2 fully saturated rings. The van der Waals surface area contributed by atoms with Gasteiger partial charge in [0.05, 0.1) is 17.1 Å². The Bertz CT molecular complexity index is 1030. The van der Waals surface area contributed by atoms with Gasteiger partial charge in [0.25, 0.3) is 5.56 Å². The summed E-state index contributed by atoms with van der Waals surface area (Å²) in [7, 11) is 1.89. The molecule has 8 heteroatoms. The van der Waals surface area contributed by atoms with E-state index in [0.29, 0.717) is 17.6 Å². The molecule has 0 aromatic carbocycles. The molecule has 2 saturated carbocycles. The summed E-state index contributed by atoms with van der Waals surface area (Å²) >= 11 is 0. The molecule has 0 radical (unpaired) electrons. The first-order valence-corrected chi connectivity index (χ1v) is 9.68. The van der Waals surface area contributed by atoms with Crippen LogP contribution in [-0.4, -0.2) is 35.6 Å². The predicted octanol–water partition coefficient (Wildman–Crippen LogP) is 2.39. The highest BCUT2D eigenvalue weighted by atomic mass is 16.1. The molecule has 2 aliphatic carbocycles. The average molecular weight is 365 g/mol. The highest BCUT2D eigenvalue weighted by molar-refractivity contribution is 5.85. The van der Waals surface area contributed by atoms with Crippen LogP contribution in [0.3, 0.4) is 0 Å². The van der Waals surface area contributed by atoms with Gasteiger partial charge in [0.15, 0.2) is 5.65 Å². The fraction of sp³-hybridized carbons (Fsp3) is 0.526. The first-order valence-electron chi connectivity index (χ1n) is 9.68. The fourth-order valence-electron chi connectivity index (χ4n) is 4.02. The molecule has 27 heavy (non-hydrogen) atoms. The number of nitrogens with one attached hydrogen (secondary N) is 1. The van der Waals surface area contributed by atoms with Crippen molar-refractivity contribution in [3.63, 3.8) is 0 Å². The number of fused-ring (bicyclic) bond motifs is 1. The molecule has 2 aliphatic rings. The van der Waals surface area contributed by atoms with E-state index in [4.69, 9.17) is 0 Å². The number of hydrogen-bond acceptors (Lipinski definition) is 6. The van der Waals surface area contributed by atoms with Crippen molar-refractivity contribution >= 4 is 16.9 Å². The number of anilines is 1. The van der Waals surface area contributed by atoms with Gasteiger partial charge in [-0.1, -0.05) is 0 Å². The third kappa shape index (κ3) is 3.20. The van der Waals surface area contributed by atoms with Crippen LogP contribution in [0.4, 0.5) is 5.82 Å². The van der Waals surface area contributed by atoms with Gasteiger partial charge in [0.2, 0.25) is 0 Å². The van der Waals surface area contributed by atoms with Crippen molar-refractivity contribution in [2.75, 3.05) is 5.32 Å². The maximum atomic E-state index is 12.3. The zero-order chi connectivity index (χ0) is 18.4. The topological polar surface area (TPSA) is 90.5 Å². The van der Waals surface area contributed by atoms with E-state index in [1.165, 1.54) is 12.8 Å². The second-order valence-corrected chi connectivity index (χ2v) is 7.73. The molecule has 0 aliphatic heterocycles. The smallest absolute Gasteiger partial charge is 0.267 e. The van der Waals surface area contributed by atoms with Crippen molar-refractivity contribution in [1.82, 2.24) is 29.5 Å². The molecule has 0 spiro atoms. The van der Waals surface area contributed by atoms with E-state index in [0.717, 1.165) is 42.6 Å². The Kier molecular flexibility index (Phi) is 3.91. The van der Waals surface area contributed by atoms with E-state index in [2.05, 4.69) is 25.5 Å². The lowest BCUT2D eigenvalue weighted by molar-refractivity contribution is 0.301. The molecule has 8 nitrogen and oxygen atoms in total. The van der Waals surface area contributed by atoms with Crippen molar-refractivity contribution in [2.45, 2.75) is 56.5 Å². The van der Waals surface area contributed by atoms with Gasteiger partial charge < -0.3 is 5.32 Å². The SMILES string of the molecule is Cn1cc2c(NC3CCC(n4nc(C5CC5)ccc4=O)CC3)ncnc2n1. The minimum absolute atomic E-state index is 0.0173. The molecule has 3 aromatic rings. The van der Waals surface area contributed by atoms with Gasteiger partial charge in [-0.05, 0) is 44.6 Å². The number of aromatic nitrogens is 6. The molecular weight excluding hydrogens is 342 g/mol. The monoisotopic (exact) mass is 365 g/mol. The minimum Gasteiger partial charge on any atom is -0.367 e. The quantitative estimate of drug-likeness (QED) is 0.763. The highest BCUT2D eigenvalue weighted by Gasteiger charge is 2.28. The maximum absolute atomic E-state index is 12.3. The standard InChI is InChI=1S/C19H23N7O/c1-25-10-15-18(20-11-21-19(15)24-25)22-13-4-6-14(7-5-13)26-17(27)9-8-16(23-26)12-2-3-12/h8-14H,2-7H2,1H3,(H,20,21,22,24). The van der Waals surface area contributed by atoms with Crippen LogP contribution in [0.5, 0.6) is 0 Å². The van der Waals surface area contributed by atoms with Crippen molar-refractivity contribution in [3.05, 3.63) is 40.7 Å². The lowest BCUT2D eigenvalue weighted by atomic mass is 9.91. The van der Waals surface area contributed by atoms with E-state index in [1.54, 1.807) is 21.8 Å². The van der Waals surface area contributed by atoms with E-state index in [9.17, 15) is 4.79 Å². The number of nitrogens with zero attached hydrogens (tertiary/aromatic N) is 6. The Hall–Kier alpha value is -2.77. The number of aryl methyl sites for hydroxylation is 1. The zero-order valence-electron chi connectivity index (χ0n) is 15.4. The lowest BCUT2D eigenvalue weighted by Gasteiger charge is -2.30. The Morgan fingerprint density at radius 3 is 2.63 bits per heavy atom. The summed E-state index contributed by atoms with van der Waals surface area (Å²) in [5, 5.41) is 13.5. The van der Waals surface area contributed by atoms with Gasteiger partial charge in [0, 0.05) is 31.3 Å². The first-order chi connectivity index (χ1) is 13.2. The summed E-state index contributed by atoms with van der Waals surface area (Å²) in [6, 6.07) is 4.11. The van der Waals surface area contributed by atoms with Crippen LogP contribution in [0.2, 0.25) is 0 Å². The van der Waals surface area contributed by atoms with E-state index in [1.807, 2.05) is 19.3 Å². The number of rotatable bonds is 4. The molecule has 140 valence electrons. The number of hydrogen-bond donors (Lipinski definition) is 1. The summed E-state index contributed by atoms with van der Waals surface area (Å²) in [5.41, 5.74) is 1.80. The molecular formula is C19H23N7O. The van der Waals surface area contributed by atoms with Gasteiger partial charge in [0.1, 0.15) is 12.1 Å². The summed E-state index contributed by atoms with van der Waals surface area (Å²) in [6.45, 7) is 0. The third-order valence-electron chi connectivity index (χ3n) is 5.66. The molecule has 3 aromatic heterocycles. The third-order valence-corrected chi connectivity index (χ3v) is 5.66. The fourth-order valence-corrected chi connectivity index (χ4v) is 4.02. The van der Waals surface area contributed by atoms with Crippen molar-refractivity contribution in [1.29, 1.82) is 0 Å². The highest BCUT2D eigenvalue weighted by Crippen LogP contribution is 2.39. The van der Waals surface area contributed by atoms with Gasteiger partial charge in [-0.2, -0.15) is 10.2 Å².